The van der Waals surface area contributed by atoms with Crippen LogP contribution in [0.3, 0.4) is 0 Å². The lowest BCUT2D eigenvalue weighted by atomic mass is 9.75. The van der Waals surface area contributed by atoms with Crippen molar-refractivity contribution in [3.8, 4) is 0 Å². The SMILES string of the molecule is COC(=O)[C@H]1C(=O)C2=C(C[C@@H]1C)Nc1ccccc1N[C@H]2c1cccc(Cl)c1Cl. The number of nitrogens with one attached hydrogen (secondary N) is 2. The summed E-state index contributed by atoms with van der Waals surface area (Å²) >= 11 is 12.8. The van der Waals surface area contributed by atoms with E-state index in [-0.39, 0.29) is 11.7 Å². The van der Waals surface area contributed by atoms with Gasteiger partial charge >= 0.3 is 5.97 Å². The molecule has 0 saturated carbocycles. The van der Waals surface area contributed by atoms with Crippen LogP contribution in [-0.4, -0.2) is 18.9 Å². The summed E-state index contributed by atoms with van der Waals surface area (Å²) in [5.74, 6) is -1.84. The van der Waals surface area contributed by atoms with Gasteiger partial charge in [-0.3, -0.25) is 9.59 Å². The standard InChI is InChI=1S/C22H20Cl2N2O3/c1-11-10-16-18(21(27)17(11)22(28)29-2)20(12-6-5-7-13(23)19(12)24)26-15-9-4-3-8-14(15)25-16/h3-9,11,17,20,25-26H,10H2,1-2H3/t11-,17+,20-/m0/s1. The van der Waals surface area contributed by atoms with Gasteiger partial charge in [0.25, 0.3) is 0 Å². The summed E-state index contributed by atoms with van der Waals surface area (Å²) < 4.78 is 4.92. The van der Waals surface area contributed by atoms with Gasteiger partial charge in [0, 0.05) is 11.3 Å². The van der Waals surface area contributed by atoms with E-state index in [1.165, 1.54) is 7.11 Å². The van der Waals surface area contributed by atoms with E-state index in [0.29, 0.717) is 27.6 Å². The van der Waals surface area contributed by atoms with Crippen LogP contribution in [0.1, 0.15) is 24.9 Å². The summed E-state index contributed by atoms with van der Waals surface area (Å²) in [7, 11) is 1.30. The molecule has 2 N–H and O–H groups in total. The van der Waals surface area contributed by atoms with E-state index < -0.39 is 17.9 Å². The number of Topliss-reactive ketones (excluding diaryl/α,β-unsaturated/α-hetero) is 1. The molecule has 3 atom stereocenters. The van der Waals surface area contributed by atoms with Gasteiger partial charge in [0.15, 0.2) is 5.78 Å². The quantitative estimate of drug-likeness (QED) is 0.504. The number of esters is 1. The highest BCUT2D eigenvalue weighted by atomic mass is 35.5. The number of para-hydroxylation sites is 2. The third kappa shape index (κ3) is 3.38. The number of carbonyl (C=O) groups excluding carboxylic acids is 2. The molecular weight excluding hydrogens is 411 g/mol. The van der Waals surface area contributed by atoms with E-state index in [1.54, 1.807) is 12.1 Å². The van der Waals surface area contributed by atoms with Gasteiger partial charge in [-0.15, -0.1) is 0 Å². The minimum absolute atomic E-state index is 0.193. The summed E-state index contributed by atoms with van der Waals surface area (Å²) in [4.78, 5) is 25.9. The molecule has 7 heteroatoms. The lowest BCUT2D eigenvalue weighted by Crippen LogP contribution is -2.39. The molecule has 0 amide bonds. The number of halogens is 2. The fourth-order valence-electron chi connectivity index (χ4n) is 4.11. The first-order chi connectivity index (χ1) is 13.9. The molecule has 1 heterocycles. The molecule has 1 aliphatic carbocycles. The highest BCUT2D eigenvalue weighted by Crippen LogP contribution is 2.45. The van der Waals surface area contributed by atoms with Crippen molar-refractivity contribution in [3.63, 3.8) is 0 Å². The average Bonchev–Trinajstić information content (AvgIpc) is 2.86. The molecule has 29 heavy (non-hydrogen) atoms. The highest BCUT2D eigenvalue weighted by molar-refractivity contribution is 6.42. The van der Waals surface area contributed by atoms with Crippen molar-refractivity contribution < 1.29 is 14.3 Å². The monoisotopic (exact) mass is 430 g/mol. The van der Waals surface area contributed by atoms with Crippen molar-refractivity contribution in [3.05, 3.63) is 69.3 Å². The Hall–Kier alpha value is -2.50. The fraction of sp³-hybridized carbons (Fsp3) is 0.273. The van der Waals surface area contributed by atoms with E-state index in [2.05, 4.69) is 10.6 Å². The molecule has 0 saturated heterocycles. The first-order valence-electron chi connectivity index (χ1n) is 9.34. The molecule has 4 rings (SSSR count). The minimum atomic E-state index is -0.857. The number of hydrogen-bond acceptors (Lipinski definition) is 5. The molecule has 0 radical (unpaired) electrons. The number of methoxy groups -OCH3 is 1. The second kappa shape index (κ2) is 7.73. The lowest BCUT2D eigenvalue weighted by molar-refractivity contribution is -0.151. The van der Waals surface area contributed by atoms with Crippen LogP contribution in [0.2, 0.25) is 10.0 Å². The normalized spacial score (nSPS) is 23.3. The van der Waals surface area contributed by atoms with Crippen molar-refractivity contribution in [1.82, 2.24) is 0 Å². The van der Waals surface area contributed by atoms with Crippen LogP contribution >= 0.6 is 23.2 Å². The van der Waals surface area contributed by atoms with Crippen LogP contribution in [0.5, 0.6) is 0 Å². The number of carbonyl (C=O) groups is 2. The minimum Gasteiger partial charge on any atom is -0.468 e. The number of anilines is 2. The maximum Gasteiger partial charge on any atom is 0.316 e. The Labute approximate surface area is 179 Å². The molecular formula is C22H20Cl2N2O3. The first kappa shape index (κ1) is 19.8. The predicted molar refractivity (Wildman–Crippen MR) is 114 cm³/mol. The molecule has 1 aliphatic heterocycles. The summed E-state index contributed by atoms with van der Waals surface area (Å²) in [6.07, 6.45) is 0.533. The maximum absolute atomic E-state index is 13.5. The number of hydrogen-bond donors (Lipinski definition) is 2. The van der Waals surface area contributed by atoms with Gasteiger partial charge in [0.2, 0.25) is 0 Å². The Morgan fingerprint density at radius 1 is 1.10 bits per heavy atom. The molecule has 0 aromatic heterocycles. The number of allylic oxidation sites excluding steroid dienone is 1. The Bertz CT molecular complexity index is 1030. The zero-order valence-electron chi connectivity index (χ0n) is 16.0. The Morgan fingerprint density at radius 2 is 1.83 bits per heavy atom. The van der Waals surface area contributed by atoms with Crippen molar-refractivity contribution in [2.45, 2.75) is 19.4 Å². The molecule has 0 spiro atoms. The van der Waals surface area contributed by atoms with Crippen molar-refractivity contribution in [2.75, 3.05) is 17.7 Å². The molecule has 150 valence electrons. The molecule has 5 nitrogen and oxygen atoms in total. The Balaban J connectivity index is 1.92. The van der Waals surface area contributed by atoms with Crippen molar-refractivity contribution in [1.29, 1.82) is 0 Å². The molecule has 2 aromatic carbocycles. The van der Waals surface area contributed by atoms with Gasteiger partial charge in [0.05, 0.1) is 34.6 Å². The van der Waals surface area contributed by atoms with Crippen LogP contribution in [0.4, 0.5) is 11.4 Å². The zero-order valence-corrected chi connectivity index (χ0v) is 17.5. The zero-order chi connectivity index (χ0) is 20.7. The summed E-state index contributed by atoms with van der Waals surface area (Å²) in [5, 5.41) is 7.61. The van der Waals surface area contributed by atoms with Gasteiger partial charge in [-0.25, -0.2) is 0 Å². The molecule has 2 aromatic rings. The summed E-state index contributed by atoms with van der Waals surface area (Å²) in [5.41, 5.74) is 3.63. The Morgan fingerprint density at radius 3 is 2.55 bits per heavy atom. The maximum atomic E-state index is 13.5. The number of fused-ring (bicyclic) bond motifs is 1. The summed E-state index contributed by atoms with van der Waals surface area (Å²) in [6, 6.07) is 12.5. The second-order valence-electron chi connectivity index (χ2n) is 7.33. The van der Waals surface area contributed by atoms with Crippen LogP contribution in [0, 0.1) is 11.8 Å². The van der Waals surface area contributed by atoms with E-state index in [4.69, 9.17) is 27.9 Å². The number of ketones is 1. The number of rotatable bonds is 2. The van der Waals surface area contributed by atoms with Gasteiger partial charge in [-0.2, -0.15) is 0 Å². The first-order valence-corrected chi connectivity index (χ1v) is 10.1. The van der Waals surface area contributed by atoms with E-state index >= 15 is 0 Å². The van der Waals surface area contributed by atoms with Crippen LogP contribution in [-0.2, 0) is 14.3 Å². The van der Waals surface area contributed by atoms with Crippen LogP contribution < -0.4 is 10.6 Å². The van der Waals surface area contributed by atoms with Gasteiger partial charge < -0.3 is 15.4 Å². The highest BCUT2D eigenvalue weighted by Gasteiger charge is 2.44. The topological polar surface area (TPSA) is 67.4 Å². The number of ether oxygens (including phenoxy) is 1. The number of benzene rings is 2. The molecule has 0 fully saturated rings. The van der Waals surface area contributed by atoms with Gasteiger partial charge in [-0.05, 0) is 36.1 Å². The third-order valence-electron chi connectivity index (χ3n) is 5.52. The van der Waals surface area contributed by atoms with Gasteiger partial charge in [0.1, 0.15) is 5.92 Å². The summed E-state index contributed by atoms with van der Waals surface area (Å²) in [6.45, 7) is 1.89. The van der Waals surface area contributed by atoms with E-state index in [9.17, 15) is 9.59 Å². The third-order valence-corrected chi connectivity index (χ3v) is 6.35. The van der Waals surface area contributed by atoms with Crippen LogP contribution in [0.25, 0.3) is 0 Å². The van der Waals surface area contributed by atoms with Crippen LogP contribution in [0.15, 0.2) is 53.7 Å². The van der Waals surface area contributed by atoms with Crippen molar-refractivity contribution >= 4 is 46.3 Å². The Kier molecular flexibility index (Phi) is 5.28. The average molecular weight is 431 g/mol. The lowest BCUT2D eigenvalue weighted by Gasteiger charge is -2.32. The largest absolute Gasteiger partial charge is 0.468 e. The van der Waals surface area contributed by atoms with E-state index in [0.717, 1.165) is 17.1 Å². The smallest absolute Gasteiger partial charge is 0.316 e. The van der Waals surface area contributed by atoms with Gasteiger partial charge in [-0.1, -0.05) is 54.4 Å². The van der Waals surface area contributed by atoms with E-state index in [1.807, 2.05) is 37.3 Å². The molecule has 0 bridgehead atoms. The predicted octanol–water partition coefficient (Wildman–Crippen LogP) is 5.22. The van der Waals surface area contributed by atoms with Crippen molar-refractivity contribution in [2.24, 2.45) is 11.8 Å². The molecule has 0 unspecified atom stereocenters. The molecule has 2 aliphatic rings. The fourth-order valence-corrected chi connectivity index (χ4v) is 4.53. The second-order valence-corrected chi connectivity index (χ2v) is 8.11.